The largest absolute Gasteiger partial charge is 0.534 e. The van der Waals surface area contributed by atoms with Crippen LogP contribution >= 0.6 is 0 Å². The molecule has 0 amide bonds. The van der Waals surface area contributed by atoms with Crippen molar-refractivity contribution in [3.8, 4) is 5.75 Å². The number of fused-ring (bicyclic) bond motifs is 2. The number of methoxy groups -OCH3 is 1. The van der Waals surface area contributed by atoms with Gasteiger partial charge in [-0.05, 0) is 42.9 Å². The average molecular weight is 631 g/mol. The smallest absolute Gasteiger partial charge is 0.497 e. The zero-order valence-corrected chi connectivity index (χ0v) is 25.9. The summed E-state index contributed by atoms with van der Waals surface area (Å²) >= 11 is 0. The summed E-state index contributed by atoms with van der Waals surface area (Å²) in [5.74, 6) is -2.34. The molecular formula is C31H41F3O8S. The lowest BCUT2D eigenvalue weighted by molar-refractivity contribution is -0.237. The first-order valence-electron chi connectivity index (χ1n) is 14.3. The van der Waals surface area contributed by atoms with Crippen LogP contribution in [-0.2, 0) is 39.9 Å². The highest BCUT2D eigenvalue weighted by Gasteiger charge is 2.72. The van der Waals surface area contributed by atoms with Crippen molar-refractivity contribution in [3.63, 3.8) is 0 Å². The van der Waals surface area contributed by atoms with Crippen LogP contribution in [-0.4, -0.2) is 52.4 Å². The Hall–Kier alpha value is -2.41. The SMILES string of the molecule is C=C[C@@](C)(COCc1ccc(OC)cc1)CC(=O)[C@@]1(C)C2C3(CC[C@]2(C(=C)OS(=O)(=O)C(F)(F)F)CC[C@H]1C)OCCO3. The molecule has 1 aliphatic heterocycles. The minimum atomic E-state index is -5.97. The monoisotopic (exact) mass is 630 g/mol. The van der Waals surface area contributed by atoms with E-state index in [0.717, 1.165) is 11.3 Å². The molecule has 2 aliphatic carbocycles. The van der Waals surface area contributed by atoms with Crippen molar-refractivity contribution in [2.24, 2.45) is 28.1 Å². The summed E-state index contributed by atoms with van der Waals surface area (Å²) in [5, 5.41) is 0. The Morgan fingerprint density at radius 3 is 2.33 bits per heavy atom. The number of benzene rings is 1. The van der Waals surface area contributed by atoms with E-state index in [9.17, 15) is 26.4 Å². The number of alkyl halides is 3. The number of allylic oxidation sites excluding steroid dienone is 1. The van der Waals surface area contributed by atoms with Gasteiger partial charge in [0.1, 0.15) is 17.3 Å². The standard InChI is InChI=1S/C31H41F3O8S/c1-7-27(4,20-39-19-23-8-10-24(38-6)11-9-23)18-25(35)28(5)21(2)12-13-29(22(3)42-43(36,37)31(32,33)34)14-15-30(26(28)29)40-16-17-41-30/h7-11,21,26H,1,3,12-20H2,2,4-6H3/t21-,26?,27-,28+,29+/m1/s1. The highest BCUT2D eigenvalue weighted by atomic mass is 32.2. The lowest BCUT2D eigenvalue weighted by Gasteiger charge is -2.56. The molecule has 4 rings (SSSR count). The number of Topliss-reactive ketones (excluding diaryl/α,β-unsaturated/α-hetero) is 1. The molecule has 12 heteroatoms. The zero-order chi connectivity index (χ0) is 31.9. The first kappa shape index (κ1) is 33.5. The van der Waals surface area contributed by atoms with E-state index >= 15 is 0 Å². The van der Waals surface area contributed by atoms with Crippen LogP contribution in [0.2, 0.25) is 0 Å². The maximum absolute atomic E-state index is 14.5. The minimum absolute atomic E-state index is 0.0246. The molecule has 240 valence electrons. The van der Waals surface area contributed by atoms with Crippen LogP contribution in [0.5, 0.6) is 5.75 Å². The van der Waals surface area contributed by atoms with Gasteiger partial charge in [-0.15, -0.1) is 6.58 Å². The van der Waals surface area contributed by atoms with Gasteiger partial charge in [0.25, 0.3) is 0 Å². The number of ketones is 1. The summed E-state index contributed by atoms with van der Waals surface area (Å²) in [4.78, 5) is 14.5. The Balaban J connectivity index is 1.62. The van der Waals surface area contributed by atoms with Crippen LogP contribution in [0.4, 0.5) is 13.2 Å². The quantitative estimate of drug-likeness (QED) is 0.115. The molecule has 1 aromatic rings. The molecule has 1 aromatic carbocycles. The van der Waals surface area contributed by atoms with Crippen molar-refractivity contribution in [3.05, 3.63) is 54.8 Å². The molecule has 1 heterocycles. The third-order valence-corrected chi connectivity index (χ3v) is 10.9. The second kappa shape index (κ2) is 11.8. The van der Waals surface area contributed by atoms with Gasteiger partial charge in [0, 0.05) is 35.0 Å². The van der Waals surface area contributed by atoms with Crippen LogP contribution < -0.4 is 4.74 Å². The van der Waals surface area contributed by atoms with E-state index < -0.39 is 49.3 Å². The number of hydrogen-bond acceptors (Lipinski definition) is 8. The zero-order valence-electron chi connectivity index (χ0n) is 25.1. The Bertz CT molecular complexity index is 1320. The first-order valence-corrected chi connectivity index (χ1v) is 15.7. The minimum Gasteiger partial charge on any atom is -0.497 e. The molecule has 1 saturated heterocycles. The van der Waals surface area contributed by atoms with Crippen LogP contribution in [0.1, 0.15) is 58.4 Å². The van der Waals surface area contributed by atoms with E-state index in [0.29, 0.717) is 13.0 Å². The number of ether oxygens (including phenoxy) is 4. The maximum atomic E-state index is 14.5. The summed E-state index contributed by atoms with van der Waals surface area (Å²) in [5.41, 5.74) is -7.96. The van der Waals surface area contributed by atoms with E-state index in [1.165, 1.54) is 0 Å². The van der Waals surface area contributed by atoms with Crippen LogP contribution in [0.3, 0.4) is 0 Å². The van der Waals surface area contributed by atoms with E-state index in [2.05, 4.69) is 17.3 Å². The van der Waals surface area contributed by atoms with Gasteiger partial charge in [0.15, 0.2) is 5.79 Å². The lowest BCUT2D eigenvalue weighted by atomic mass is 9.49. The predicted molar refractivity (Wildman–Crippen MR) is 152 cm³/mol. The fourth-order valence-corrected chi connectivity index (χ4v) is 7.77. The summed E-state index contributed by atoms with van der Waals surface area (Å²) in [6, 6.07) is 7.42. The molecule has 1 spiro atoms. The second-order valence-electron chi connectivity index (χ2n) is 12.5. The lowest BCUT2D eigenvalue weighted by Crippen LogP contribution is -2.59. The van der Waals surface area contributed by atoms with Crippen molar-refractivity contribution >= 4 is 15.9 Å². The maximum Gasteiger partial charge on any atom is 0.534 e. The molecule has 0 radical (unpaired) electrons. The van der Waals surface area contributed by atoms with Gasteiger partial charge >= 0.3 is 15.6 Å². The molecular weight excluding hydrogens is 589 g/mol. The van der Waals surface area contributed by atoms with Gasteiger partial charge in [-0.25, -0.2) is 0 Å². The highest BCUT2D eigenvalue weighted by Crippen LogP contribution is 2.69. The molecule has 0 N–H and O–H groups in total. The average Bonchev–Trinajstić information content (AvgIpc) is 3.56. The van der Waals surface area contributed by atoms with E-state index in [4.69, 9.17) is 18.9 Å². The van der Waals surface area contributed by atoms with Crippen molar-refractivity contribution in [1.29, 1.82) is 0 Å². The third-order valence-electron chi connectivity index (χ3n) is 9.90. The summed E-state index contributed by atoms with van der Waals surface area (Å²) in [6.07, 6.45) is 2.85. The van der Waals surface area contributed by atoms with Gasteiger partial charge in [-0.2, -0.15) is 21.6 Å². The number of halogens is 3. The molecule has 3 fully saturated rings. The van der Waals surface area contributed by atoms with Gasteiger partial charge in [-0.1, -0.05) is 45.6 Å². The Labute approximate surface area is 251 Å². The van der Waals surface area contributed by atoms with E-state index in [-0.39, 0.29) is 57.2 Å². The van der Waals surface area contributed by atoms with Gasteiger partial charge < -0.3 is 23.1 Å². The van der Waals surface area contributed by atoms with Crippen LogP contribution in [0, 0.1) is 28.1 Å². The fraction of sp³-hybridized carbons (Fsp3) is 0.645. The van der Waals surface area contributed by atoms with Crippen molar-refractivity contribution in [1.82, 2.24) is 0 Å². The molecule has 5 atom stereocenters. The molecule has 2 saturated carbocycles. The Kier molecular flexibility index (Phi) is 9.21. The molecule has 43 heavy (non-hydrogen) atoms. The molecule has 3 aliphatic rings. The van der Waals surface area contributed by atoms with E-state index in [1.54, 1.807) is 20.1 Å². The van der Waals surface area contributed by atoms with Crippen LogP contribution in [0.25, 0.3) is 0 Å². The fourth-order valence-electron chi connectivity index (χ4n) is 7.25. The van der Waals surface area contributed by atoms with Crippen molar-refractivity contribution in [2.75, 3.05) is 26.9 Å². The molecule has 8 nitrogen and oxygen atoms in total. The summed E-state index contributed by atoms with van der Waals surface area (Å²) < 4.78 is 92.2. The van der Waals surface area contributed by atoms with Gasteiger partial charge in [-0.3, -0.25) is 4.79 Å². The summed E-state index contributed by atoms with van der Waals surface area (Å²) in [6.45, 7) is 14.2. The Morgan fingerprint density at radius 1 is 1.14 bits per heavy atom. The van der Waals surface area contributed by atoms with E-state index in [1.807, 2.05) is 38.1 Å². The number of carbonyl (C=O) groups is 1. The van der Waals surface area contributed by atoms with Crippen molar-refractivity contribution in [2.45, 2.75) is 70.8 Å². The van der Waals surface area contributed by atoms with Gasteiger partial charge in [0.2, 0.25) is 0 Å². The third kappa shape index (κ3) is 6.00. The Morgan fingerprint density at radius 2 is 1.77 bits per heavy atom. The normalized spacial score (nSPS) is 29.9. The number of carbonyl (C=O) groups excluding carboxylic acids is 1. The predicted octanol–water partition coefficient (Wildman–Crippen LogP) is 6.32. The molecule has 1 unspecified atom stereocenters. The number of rotatable bonds is 12. The highest BCUT2D eigenvalue weighted by molar-refractivity contribution is 7.87. The van der Waals surface area contributed by atoms with Gasteiger partial charge in [0.05, 0.1) is 33.5 Å². The first-order chi connectivity index (χ1) is 20.0. The molecule has 0 bridgehead atoms. The number of hydrogen-bond donors (Lipinski definition) is 0. The second-order valence-corrected chi connectivity index (χ2v) is 14.1. The summed E-state index contributed by atoms with van der Waals surface area (Å²) in [7, 11) is -4.38. The van der Waals surface area contributed by atoms with Crippen molar-refractivity contribution < 1.29 is 49.5 Å². The topological polar surface area (TPSA) is 97.4 Å². The molecule has 0 aromatic heterocycles. The van der Waals surface area contributed by atoms with Crippen LogP contribution in [0.15, 0.2) is 49.3 Å².